The number of nitrogens with zero attached hydrogens (tertiary/aromatic N) is 2. The molecule has 0 radical (unpaired) electrons. The maximum Gasteiger partial charge on any atom is 0.411 e. The number of piperazine rings is 1. The van der Waals surface area contributed by atoms with E-state index in [0.717, 1.165) is 22.3 Å². The molecule has 1 fully saturated rings. The second-order valence-electron chi connectivity index (χ2n) is 12.8. The molecule has 1 N–H and O–H groups in total. The van der Waals surface area contributed by atoms with Gasteiger partial charge in [0.2, 0.25) is 5.91 Å². The molecule has 4 aromatic rings. The third kappa shape index (κ3) is 9.37. The Morgan fingerprint density at radius 1 is 0.729 bits per heavy atom. The second kappa shape index (κ2) is 15.5. The monoisotopic (exact) mass is 650 g/mol. The van der Waals surface area contributed by atoms with Gasteiger partial charge >= 0.3 is 12.1 Å². The van der Waals surface area contributed by atoms with Crippen molar-refractivity contribution in [3.05, 3.63) is 131 Å². The maximum absolute atomic E-state index is 14.1. The number of carboxylic acid groups (broad SMARTS) is 1. The molecule has 1 aliphatic heterocycles. The van der Waals surface area contributed by atoms with Gasteiger partial charge in [0.05, 0.1) is 0 Å². The van der Waals surface area contributed by atoms with Crippen LogP contribution in [0.2, 0.25) is 0 Å². The SMILES string of the molecule is CC(C)(C)OC(=O)N1CCN([C@@H](Cc2ccc(OCc3ccccc3)cc2)C(=O)O)C(=O)[C@@H]1Cc1ccc(OCc2ccccc2)cc1. The van der Waals surface area contributed by atoms with Crippen LogP contribution in [0.3, 0.4) is 0 Å². The van der Waals surface area contributed by atoms with Gasteiger partial charge in [-0.25, -0.2) is 9.59 Å². The third-order valence-electron chi connectivity index (χ3n) is 8.02. The van der Waals surface area contributed by atoms with Crippen LogP contribution in [0.5, 0.6) is 11.5 Å². The summed E-state index contributed by atoms with van der Waals surface area (Å²) in [6, 6.07) is 32.2. The van der Waals surface area contributed by atoms with Crippen molar-refractivity contribution in [2.75, 3.05) is 13.1 Å². The van der Waals surface area contributed by atoms with Gasteiger partial charge in [-0.05, 0) is 67.3 Å². The Kier molecular flexibility index (Phi) is 11.0. The number of hydrogen-bond acceptors (Lipinski definition) is 6. The van der Waals surface area contributed by atoms with Gasteiger partial charge in [-0.1, -0.05) is 84.9 Å². The van der Waals surface area contributed by atoms with Crippen molar-refractivity contribution in [3.63, 3.8) is 0 Å². The molecule has 4 aromatic carbocycles. The van der Waals surface area contributed by atoms with Crippen LogP contribution >= 0.6 is 0 Å². The summed E-state index contributed by atoms with van der Waals surface area (Å²) in [5.41, 5.74) is 2.87. The van der Waals surface area contributed by atoms with Crippen molar-refractivity contribution in [1.82, 2.24) is 9.80 Å². The zero-order valence-corrected chi connectivity index (χ0v) is 27.6. The highest BCUT2D eigenvalue weighted by molar-refractivity contribution is 5.90. The Bertz CT molecular complexity index is 1650. The van der Waals surface area contributed by atoms with Crippen LogP contribution in [0.15, 0.2) is 109 Å². The summed E-state index contributed by atoms with van der Waals surface area (Å²) in [6.45, 7) is 6.34. The van der Waals surface area contributed by atoms with E-state index in [1.54, 1.807) is 32.9 Å². The molecule has 250 valence electrons. The molecule has 0 bridgehead atoms. The number of amides is 2. The van der Waals surface area contributed by atoms with E-state index in [0.29, 0.717) is 24.7 Å². The molecule has 0 unspecified atom stereocenters. The fourth-order valence-electron chi connectivity index (χ4n) is 5.55. The van der Waals surface area contributed by atoms with Crippen molar-refractivity contribution in [3.8, 4) is 11.5 Å². The number of benzene rings is 4. The molecule has 9 heteroatoms. The van der Waals surface area contributed by atoms with Gasteiger partial charge in [-0.2, -0.15) is 0 Å². The lowest BCUT2D eigenvalue weighted by Crippen LogP contribution is -2.63. The molecule has 2 amide bonds. The molecule has 5 rings (SSSR count). The zero-order valence-electron chi connectivity index (χ0n) is 27.6. The van der Waals surface area contributed by atoms with E-state index in [1.807, 2.05) is 97.1 Å². The van der Waals surface area contributed by atoms with Gasteiger partial charge in [0.15, 0.2) is 0 Å². The Morgan fingerprint density at radius 2 is 1.23 bits per heavy atom. The predicted molar refractivity (Wildman–Crippen MR) is 182 cm³/mol. The summed E-state index contributed by atoms with van der Waals surface area (Å²) >= 11 is 0. The lowest BCUT2D eigenvalue weighted by Gasteiger charge is -2.43. The van der Waals surface area contributed by atoms with Crippen molar-refractivity contribution in [1.29, 1.82) is 0 Å². The van der Waals surface area contributed by atoms with Crippen molar-refractivity contribution in [2.45, 2.75) is 64.5 Å². The molecule has 48 heavy (non-hydrogen) atoms. The largest absolute Gasteiger partial charge is 0.489 e. The molecule has 0 aromatic heterocycles. The van der Waals surface area contributed by atoms with Crippen LogP contribution in [-0.4, -0.2) is 63.7 Å². The Hall–Kier alpha value is -5.31. The summed E-state index contributed by atoms with van der Waals surface area (Å²) < 4.78 is 17.4. The molecule has 1 saturated heterocycles. The number of ether oxygens (including phenoxy) is 3. The smallest absolute Gasteiger partial charge is 0.411 e. The average Bonchev–Trinajstić information content (AvgIpc) is 3.07. The fourth-order valence-corrected chi connectivity index (χ4v) is 5.55. The minimum absolute atomic E-state index is 0.0656. The van der Waals surface area contributed by atoms with E-state index in [2.05, 4.69) is 0 Å². The zero-order chi connectivity index (χ0) is 34.1. The Balaban J connectivity index is 1.29. The van der Waals surface area contributed by atoms with E-state index in [9.17, 15) is 19.5 Å². The summed E-state index contributed by atoms with van der Waals surface area (Å²) in [4.78, 5) is 42.8. The molecule has 1 aliphatic rings. The van der Waals surface area contributed by atoms with Crippen LogP contribution in [-0.2, 0) is 40.4 Å². The summed E-state index contributed by atoms with van der Waals surface area (Å²) in [5.74, 6) is -0.220. The number of carbonyl (C=O) groups is 3. The van der Waals surface area contributed by atoms with Gasteiger partial charge in [0, 0.05) is 25.9 Å². The molecule has 0 saturated carbocycles. The number of carbonyl (C=O) groups excluding carboxylic acids is 2. The molecular formula is C39H42N2O7. The van der Waals surface area contributed by atoms with E-state index >= 15 is 0 Å². The molecule has 2 atom stereocenters. The Morgan fingerprint density at radius 3 is 1.71 bits per heavy atom. The lowest BCUT2D eigenvalue weighted by atomic mass is 9.98. The van der Waals surface area contributed by atoms with Crippen LogP contribution in [0.25, 0.3) is 0 Å². The molecule has 0 spiro atoms. The maximum atomic E-state index is 14.1. The second-order valence-corrected chi connectivity index (χ2v) is 12.8. The lowest BCUT2D eigenvalue weighted by molar-refractivity contribution is -0.155. The number of hydrogen-bond donors (Lipinski definition) is 1. The number of rotatable bonds is 12. The van der Waals surface area contributed by atoms with Crippen LogP contribution in [0.1, 0.15) is 43.0 Å². The van der Waals surface area contributed by atoms with Crippen LogP contribution in [0, 0.1) is 0 Å². The van der Waals surface area contributed by atoms with Crippen LogP contribution in [0.4, 0.5) is 4.79 Å². The first kappa shape index (κ1) is 34.0. The topological polar surface area (TPSA) is 106 Å². The van der Waals surface area contributed by atoms with E-state index < -0.39 is 35.7 Å². The molecule has 1 heterocycles. The molecule has 0 aliphatic carbocycles. The normalized spacial score (nSPS) is 15.5. The fraction of sp³-hybridized carbons (Fsp3) is 0.308. The molecular weight excluding hydrogens is 608 g/mol. The highest BCUT2D eigenvalue weighted by Crippen LogP contribution is 2.25. The number of aliphatic carboxylic acids is 1. The Labute approximate surface area is 281 Å². The standard InChI is InChI=1S/C39H42N2O7/c1-39(2,3)48-38(45)41-23-22-40(35(37(43)44)25-29-16-20-33(21-17-29)47-27-31-12-8-5-9-13-31)36(42)34(41)24-28-14-18-32(19-15-28)46-26-30-10-6-4-7-11-30/h4-21,34-35H,22-27H2,1-3H3,(H,43,44)/t34-,35-/m0/s1. The summed E-state index contributed by atoms with van der Waals surface area (Å²) in [7, 11) is 0. The van der Waals surface area contributed by atoms with Gasteiger partial charge in [0.1, 0.15) is 42.4 Å². The first-order valence-corrected chi connectivity index (χ1v) is 16.1. The highest BCUT2D eigenvalue weighted by Gasteiger charge is 2.43. The number of carboxylic acids is 1. The van der Waals surface area contributed by atoms with E-state index in [4.69, 9.17) is 14.2 Å². The molecule has 9 nitrogen and oxygen atoms in total. The summed E-state index contributed by atoms with van der Waals surface area (Å²) in [5, 5.41) is 10.3. The highest BCUT2D eigenvalue weighted by atomic mass is 16.6. The third-order valence-corrected chi connectivity index (χ3v) is 8.02. The van der Waals surface area contributed by atoms with E-state index in [1.165, 1.54) is 9.80 Å². The summed E-state index contributed by atoms with van der Waals surface area (Å²) in [6.07, 6.45) is -0.318. The first-order chi connectivity index (χ1) is 23.1. The van der Waals surface area contributed by atoms with E-state index in [-0.39, 0.29) is 25.9 Å². The average molecular weight is 651 g/mol. The van der Waals surface area contributed by atoms with Gasteiger partial charge in [0.25, 0.3) is 0 Å². The van der Waals surface area contributed by atoms with Crippen molar-refractivity contribution < 1.29 is 33.7 Å². The van der Waals surface area contributed by atoms with Crippen LogP contribution < -0.4 is 9.47 Å². The van der Waals surface area contributed by atoms with Gasteiger partial charge in [-0.15, -0.1) is 0 Å². The first-order valence-electron chi connectivity index (χ1n) is 16.1. The minimum atomic E-state index is -1.12. The van der Waals surface area contributed by atoms with Crippen molar-refractivity contribution in [2.24, 2.45) is 0 Å². The van der Waals surface area contributed by atoms with Gasteiger partial charge in [-0.3, -0.25) is 9.69 Å². The van der Waals surface area contributed by atoms with Gasteiger partial charge < -0.3 is 24.2 Å². The van der Waals surface area contributed by atoms with Crippen molar-refractivity contribution >= 4 is 18.0 Å². The quantitative estimate of drug-likeness (QED) is 0.186. The minimum Gasteiger partial charge on any atom is -0.489 e. The predicted octanol–water partition coefficient (Wildman–Crippen LogP) is 6.53.